The number of nitrogens with zero attached hydrogens (tertiary/aromatic N) is 3. The summed E-state index contributed by atoms with van der Waals surface area (Å²) < 4.78 is 54.4. The summed E-state index contributed by atoms with van der Waals surface area (Å²) in [5.74, 6) is -2.20. The third-order valence-electron chi connectivity index (χ3n) is 2.82. The summed E-state index contributed by atoms with van der Waals surface area (Å²) in [4.78, 5) is 7.01. The number of rotatable bonds is 2. The van der Waals surface area contributed by atoms with Crippen LogP contribution in [0.1, 0.15) is 5.89 Å². The third-order valence-corrected chi connectivity index (χ3v) is 2.82. The van der Waals surface area contributed by atoms with E-state index in [9.17, 15) is 17.6 Å². The summed E-state index contributed by atoms with van der Waals surface area (Å²) in [6.07, 6.45) is -4.68. The topological polar surface area (TPSA) is 51.8 Å². The lowest BCUT2D eigenvalue weighted by Gasteiger charge is -2.01. The van der Waals surface area contributed by atoms with Crippen LogP contribution in [-0.2, 0) is 6.18 Å². The lowest BCUT2D eigenvalue weighted by molar-refractivity contribution is -0.159. The summed E-state index contributed by atoms with van der Waals surface area (Å²) in [5.41, 5.74) is 1.37. The van der Waals surface area contributed by atoms with Gasteiger partial charge in [0.2, 0.25) is 11.8 Å². The highest BCUT2D eigenvalue weighted by molar-refractivity contribution is 5.64. The molecule has 0 saturated heterocycles. The Labute approximate surface area is 121 Å². The standard InChI is InChI=1S/C14H7F4N3O/c15-11-3-1-2-10(19-11)8-4-6-9(7-5-8)12-20-13(22-21-12)14(16,17)18/h1-7H. The Morgan fingerprint density at radius 3 is 2.14 bits per heavy atom. The van der Waals surface area contributed by atoms with Gasteiger partial charge in [0.25, 0.3) is 0 Å². The smallest absolute Gasteiger partial charge is 0.329 e. The number of hydrogen-bond donors (Lipinski definition) is 0. The summed E-state index contributed by atoms with van der Waals surface area (Å²) in [6.45, 7) is 0. The quantitative estimate of drug-likeness (QED) is 0.531. The maximum atomic E-state index is 13.1. The first kappa shape index (κ1) is 14.2. The number of benzene rings is 1. The molecule has 0 radical (unpaired) electrons. The largest absolute Gasteiger partial charge is 0.471 e. The second-order valence-electron chi connectivity index (χ2n) is 4.34. The molecule has 0 spiro atoms. The Hall–Kier alpha value is -2.77. The monoisotopic (exact) mass is 309 g/mol. The fourth-order valence-electron chi connectivity index (χ4n) is 1.81. The van der Waals surface area contributed by atoms with Crippen molar-refractivity contribution in [1.29, 1.82) is 0 Å². The van der Waals surface area contributed by atoms with Crippen LogP contribution >= 0.6 is 0 Å². The zero-order chi connectivity index (χ0) is 15.7. The van der Waals surface area contributed by atoms with E-state index < -0.39 is 18.0 Å². The molecule has 0 amide bonds. The van der Waals surface area contributed by atoms with Crippen molar-refractivity contribution in [2.45, 2.75) is 6.18 Å². The van der Waals surface area contributed by atoms with Crippen LogP contribution in [0.2, 0.25) is 0 Å². The van der Waals surface area contributed by atoms with Gasteiger partial charge in [-0.15, -0.1) is 0 Å². The molecule has 0 atom stereocenters. The van der Waals surface area contributed by atoms with Crippen molar-refractivity contribution in [3.05, 3.63) is 54.3 Å². The molecule has 3 aromatic rings. The number of halogens is 4. The van der Waals surface area contributed by atoms with Crippen molar-refractivity contribution in [1.82, 2.24) is 15.1 Å². The average molecular weight is 309 g/mol. The van der Waals surface area contributed by atoms with E-state index in [1.165, 1.54) is 24.3 Å². The molecule has 0 aliphatic rings. The Morgan fingerprint density at radius 2 is 1.55 bits per heavy atom. The number of alkyl halides is 3. The van der Waals surface area contributed by atoms with Gasteiger partial charge < -0.3 is 4.52 Å². The molecule has 0 N–H and O–H groups in total. The molecular formula is C14H7F4N3O. The molecule has 0 saturated carbocycles. The molecule has 0 bridgehead atoms. The van der Waals surface area contributed by atoms with Crippen molar-refractivity contribution >= 4 is 0 Å². The van der Waals surface area contributed by atoms with Crippen LogP contribution in [0.25, 0.3) is 22.6 Å². The molecule has 2 aromatic heterocycles. The van der Waals surface area contributed by atoms with Gasteiger partial charge in [-0.1, -0.05) is 35.5 Å². The predicted molar refractivity (Wildman–Crippen MR) is 67.9 cm³/mol. The predicted octanol–water partition coefficient (Wildman–Crippen LogP) is 3.96. The van der Waals surface area contributed by atoms with E-state index in [4.69, 9.17) is 0 Å². The van der Waals surface area contributed by atoms with Crippen LogP contribution in [-0.4, -0.2) is 15.1 Å². The van der Waals surface area contributed by atoms with Gasteiger partial charge in [-0.05, 0) is 12.1 Å². The van der Waals surface area contributed by atoms with Gasteiger partial charge in [-0.25, -0.2) is 4.98 Å². The van der Waals surface area contributed by atoms with Gasteiger partial charge in [-0.2, -0.15) is 22.5 Å². The zero-order valence-electron chi connectivity index (χ0n) is 10.8. The van der Waals surface area contributed by atoms with E-state index in [1.54, 1.807) is 18.2 Å². The first-order valence-corrected chi connectivity index (χ1v) is 6.08. The van der Waals surface area contributed by atoms with E-state index in [0.717, 1.165) is 0 Å². The molecule has 0 unspecified atom stereocenters. The molecule has 8 heteroatoms. The van der Waals surface area contributed by atoms with Crippen LogP contribution in [0.5, 0.6) is 0 Å². The van der Waals surface area contributed by atoms with Crippen molar-refractivity contribution in [2.75, 3.05) is 0 Å². The van der Waals surface area contributed by atoms with Crippen molar-refractivity contribution in [3.63, 3.8) is 0 Å². The number of pyridine rings is 1. The van der Waals surface area contributed by atoms with Gasteiger partial charge in [0.05, 0.1) is 5.69 Å². The summed E-state index contributed by atoms with van der Waals surface area (Å²) in [7, 11) is 0. The molecule has 3 rings (SSSR count). The van der Waals surface area contributed by atoms with Crippen molar-refractivity contribution < 1.29 is 22.1 Å². The molecule has 112 valence electrons. The Balaban J connectivity index is 1.90. The van der Waals surface area contributed by atoms with E-state index in [1.807, 2.05) is 0 Å². The van der Waals surface area contributed by atoms with Gasteiger partial charge in [-0.3, -0.25) is 0 Å². The second-order valence-corrected chi connectivity index (χ2v) is 4.34. The highest BCUT2D eigenvalue weighted by Crippen LogP contribution is 2.29. The highest BCUT2D eigenvalue weighted by atomic mass is 19.4. The van der Waals surface area contributed by atoms with E-state index >= 15 is 0 Å². The average Bonchev–Trinajstić information content (AvgIpc) is 2.97. The Bertz CT molecular complexity index is 796. The summed E-state index contributed by atoms with van der Waals surface area (Å²) >= 11 is 0. The van der Waals surface area contributed by atoms with Crippen LogP contribution in [0.4, 0.5) is 17.6 Å². The van der Waals surface area contributed by atoms with E-state index in [2.05, 4.69) is 19.6 Å². The molecule has 0 fully saturated rings. The highest BCUT2D eigenvalue weighted by Gasteiger charge is 2.38. The van der Waals surface area contributed by atoms with Crippen LogP contribution in [0, 0.1) is 5.95 Å². The Morgan fingerprint density at radius 1 is 0.864 bits per heavy atom. The fraction of sp³-hybridized carbons (Fsp3) is 0.0714. The van der Waals surface area contributed by atoms with Gasteiger partial charge >= 0.3 is 12.1 Å². The van der Waals surface area contributed by atoms with Crippen LogP contribution in [0.15, 0.2) is 47.0 Å². The summed E-state index contributed by atoms with van der Waals surface area (Å²) in [5, 5.41) is 3.29. The molecule has 0 aliphatic carbocycles. The van der Waals surface area contributed by atoms with Crippen molar-refractivity contribution in [2.24, 2.45) is 0 Å². The van der Waals surface area contributed by atoms with Gasteiger partial charge in [0.1, 0.15) is 0 Å². The Kier molecular flexibility index (Phi) is 3.36. The SMILES string of the molecule is Fc1cccc(-c2ccc(-c3noc(C(F)(F)F)n3)cc2)n1. The summed E-state index contributed by atoms with van der Waals surface area (Å²) in [6, 6.07) is 10.5. The van der Waals surface area contributed by atoms with E-state index in [0.29, 0.717) is 16.8 Å². The second kappa shape index (κ2) is 5.21. The lowest BCUT2D eigenvalue weighted by Crippen LogP contribution is -2.04. The van der Waals surface area contributed by atoms with Gasteiger partial charge in [0, 0.05) is 11.1 Å². The maximum absolute atomic E-state index is 13.1. The zero-order valence-corrected chi connectivity index (χ0v) is 10.8. The van der Waals surface area contributed by atoms with Gasteiger partial charge in [0.15, 0.2) is 0 Å². The van der Waals surface area contributed by atoms with Crippen LogP contribution < -0.4 is 0 Å². The minimum absolute atomic E-state index is 0.175. The third kappa shape index (κ3) is 2.80. The molecule has 4 nitrogen and oxygen atoms in total. The number of hydrogen-bond acceptors (Lipinski definition) is 4. The molecule has 22 heavy (non-hydrogen) atoms. The lowest BCUT2D eigenvalue weighted by atomic mass is 10.1. The van der Waals surface area contributed by atoms with E-state index in [-0.39, 0.29) is 5.82 Å². The van der Waals surface area contributed by atoms with Crippen molar-refractivity contribution in [3.8, 4) is 22.6 Å². The molecule has 1 aromatic carbocycles. The number of aromatic nitrogens is 3. The maximum Gasteiger partial charge on any atom is 0.471 e. The molecular weight excluding hydrogens is 302 g/mol. The minimum Gasteiger partial charge on any atom is -0.329 e. The normalized spacial score (nSPS) is 11.6. The molecule has 2 heterocycles. The molecule has 0 aliphatic heterocycles. The first-order chi connectivity index (χ1) is 10.4. The fourth-order valence-corrected chi connectivity index (χ4v) is 1.81. The van der Waals surface area contributed by atoms with Crippen LogP contribution in [0.3, 0.4) is 0 Å². The first-order valence-electron chi connectivity index (χ1n) is 6.08. The minimum atomic E-state index is -4.68.